The third-order valence-corrected chi connectivity index (χ3v) is 4.82. The lowest BCUT2D eigenvalue weighted by Gasteiger charge is -2.32. The van der Waals surface area contributed by atoms with Crippen LogP contribution in [0.15, 0.2) is 0 Å². The van der Waals surface area contributed by atoms with Crippen LogP contribution in [0.2, 0.25) is 0 Å². The predicted molar refractivity (Wildman–Crippen MR) is 74.8 cm³/mol. The molecule has 1 saturated carbocycles. The molecular weight excluding hydrogens is 248 g/mol. The molecule has 2 N–H and O–H groups in total. The molecule has 104 valence electrons. The van der Waals surface area contributed by atoms with Crippen LogP contribution < -0.4 is 5.32 Å². The topological polar surface area (TPSA) is 52.6 Å². The van der Waals surface area contributed by atoms with Crippen molar-refractivity contribution in [2.24, 2.45) is 0 Å². The van der Waals surface area contributed by atoms with Crippen LogP contribution in [0.1, 0.15) is 32.6 Å². The molecule has 1 saturated heterocycles. The molecule has 5 heteroatoms. The Bertz CT molecular complexity index is 274. The predicted octanol–water partition coefficient (Wildman–Crippen LogP) is 0.843. The summed E-state index contributed by atoms with van der Waals surface area (Å²) in [5.74, 6) is 2.36. The van der Waals surface area contributed by atoms with Crippen LogP contribution in [-0.2, 0) is 4.79 Å². The van der Waals surface area contributed by atoms with E-state index in [4.69, 9.17) is 0 Å². The largest absolute Gasteiger partial charge is 0.393 e. The second kappa shape index (κ2) is 6.78. The van der Waals surface area contributed by atoms with Crippen LogP contribution in [0.5, 0.6) is 0 Å². The number of nitrogens with zero attached hydrogens (tertiary/aromatic N) is 1. The van der Waals surface area contributed by atoms with Crippen molar-refractivity contribution in [1.29, 1.82) is 0 Å². The smallest absolute Gasteiger partial charge is 0.239 e. The van der Waals surface area contributed by atoms with Gasteiger partial charge in [0.25, 0.3) is 0 Å². The van der Waals surface area contributed by atoms with Crippen LogP contribution in [0.4, 0.5) is 0 Å². The van der Waals surface area contributed by atoms with E-state index in [0.717, 1.165) is 50.3 Å². The standard InChI is InChI=1S/C13H24N2O2S/c1-10(13(17)15-6-8-18-9-7-15)14-11-2-4-12(16)5-3-11/h10-12,14,16H,2-9H2,1H3/t10-,11?,12?/m0/s1. The first-order chi connectivity index (χ1) is 8.66. The number of hydrogen-bond acceptors (Lipinski definition) is 4. The Kier molecular flexibility index (Phi) is 5.33. The van der Waals surface area contributed by atoms with E-state index in [-0.39, 0.29) is 18.1 Å². The lowest BCUT2D eigenvalue weighted by molar-refractivity contribution is -0.132. The zero-order chi connectivity index (χ0) is 13.0. The first-order valence-electron chi connectivity index (χ1n) is 6.97. The van der Waals surface area contributed by atoms with Gasteiger partial charge in [-0.15, -0.1) is 0 Å². The maximum Gasteiger partial charge on any atom is 0.239 e. The fourth-order valence-electron chi connectivity index (χ4n) is 2.72. The minimum atomic E-state index is -0.131. The highest BCUT2D eigenvalue weighted by molar-refractivity contribution is 7.99. The van der Waals surface area contributed by atoms with E-state index in [9.17, 15) is 9.90 Å². The third kappa shape index (κ3) is 3.87. The minimum absolute atomic E-state index is 0.0895. The van der Waals surface area contributed by atoms with Gasteiger partial charge in [-0.3, -0.25) is 4.79 Å². The van der Waals surface area contributed by atoms with Gasteiger partial charge in [-0.05, 0) is 32.6 Å². The minimum Gasteiger partial charge on any atom is -0.393 e. The number of thioether (sulfide) groups is 1. The number of rotatable bonds is 3. The highest BCUT2D eigenvalue weighted by Gasteiger charge is 2.26. The highest BCUT2D eigenvalue weighted by atomic mass is 32.2. The van der Waals surface area contributed by atoms with Crippen molar-refractivity contribution < 1.29 is 9.90 Å². The van der Waals surface area contributed by atoms with Crippen molar-refractivity contribution in [3.8, 4) is 0 Å². The first kappa shape index (κ1) is 14.2. The van der Waals surface area contributed by atoms with Crippen LogP contribution in [0.3, 0.4) is 0 Å². The Morgan fingerprint density at radius 3 is 2.50 bits per heavy atom. The molecule has 18 heavy (non-hydrogen) atoms. The molecular formula is C13H24N2O2S. The summed E-state index contributed by atoms with van der Waals surface area (Å²) >= 11 is 1.92. The maximum atomic E-state index is 12.2. The summed E-state index contributed by atoms with van der Waals surface area (Å²) in [5, 5.41) is 12.9. The van der Waals surface area contributed by atoms with Crippen molar-refractivity contribution >= 4 is 17.7 Å². The van der Waals surface area contributed by atoms with Gasteiger partial charge in [0, 0.05) is 30.6 Å². The zero-order valence-corrected chi connectivity index (χ0v) is 11.9. The third-order valence-electron chi connectivity index (χ3n) is 3.88. The van der Waals surface area contributed by atoms with Crippen LogP contribution in [0.25, 0.3) is 0 Å². The van der Waals surface area contributed by atoms with Crippen molar-refractivity contribution in [3.63, 3.8) is 0 Å². The van der Waals surface area contributed by atoms with Crippen LogP contribution >= 0.6 is 11.8 Å². The molecule has 0 radical (unpaired) electrons. The molecule has 1 amide bonds. The summed E-state index contributed by atoms with van der Waals surface area (Å²) in [7, 11) is 0. The lowest BCUT2D eigenvalue weighted by atomic mass is 9.92. The maximum absolute atomic E-state index is 12.2. The summed E-state index contributed by atoms with van der Waals surface area (Å²) in [4.78, 5) is 14.2. The molecule has 0 spiro atoms. The number of aliphatic hydroxyl groups is 1. The molecule has 4 nitrogen and oxygen atoms in total. The molecule has 2 fully saturated rings. The van der Waals surface area contributed by atoms with E-state index in [2.05, 4.69) is 5.32 Å². The second-order valence-electron chi connectivity index (χ2n) is 5.33. The van der Waals surface area contributed by atoms with Crippen LogP contribution in [0, 0.1) is 0 Å². The van der Waals surface area contributed by atoms with E-state index in [0.29, 0.717) is 6.04 Å². The SMILES string of the molecule is C[C@H](NC1CCC(O)CC1)C(=O)N1CCSCC1. The Hall–Kier alpha value is -0.260. The van der Waals surface area contributed by atoms with Gasteiger partial charge in [0.1, 0.15) is 0 Å². The van der Waals surface area contributed by atoms with Gasteiger partial charge in [0.15, 0.2) is 0 Å². The fraction of sp³-hybridized carbons (Fsp3) is 0.923. The lowest BCUT2D eigenvalue weighted by Crippen LogP contribution is -2.51. The van der Waals surface area contributed by atoms with E-state index in [1.165, 1.54) is 0 Å². The monoisotopic (exact) mass is 272 g/mol. The van der Waals surface area contributed by atoms with Gasteiger partial charge in [-0.1, -0.05) is 0 Å². The molecule has 0 aromatic rings. The number of hydrogen-bond donors (Lipinski definition) is 2. The van der Waals surface area contributed by atoms with Gasteiger partial charge in [0.05, 0.1) is 12.1 Å². The molecule has 1 aliphatic carbocycles. The number of aliphatic hydroxyl groups excluding tert-OH is 1. The Morgan fingerprint density at radius 2 is 1.89 bits per heavy atom. The van der Waals surface area contributed by atoms with Gasteiger partial charge < -0.3 is 15.3 Å². The molecule has 0 unspecified atom stereocenters. The Morgan fingerprint density at radius 1 is 1.28 bits per heavy atom. The van der Waals surface area contributed by atoms with Gasteiger partial charge in [0.2, 0.25) is 5.91 Å². The van der Waals surface area contributed by atoms with Gasteiger partial charge in [-0.25, -0.2) is 0 Å². The van der Waals surface area contributed by atoms with Crippen molar-refractivity contribution in [2.45, 2.75) is 50.8 Å². The van der Waals surface area contributed by atoms with Crippen LogP contribution in [-0.4, -0.2) is 58.7 Å². The van der Waals surface area contributed by atoms with E-state index in [1.807, 2.05) is 23.6 Å². The molecule has 0 aromatic carbocycles. The van der Waals surface area contributed by atoms with Crippen molar-refractivity contribution in [2.75, 3.05) is 24.6 Å². The molecule has 1 atom stereocenters. The summed E-state index contributed by atoms with van der Waals surface area (Å²) in [5.41, 5.74) is 0. The highest BCUT2D eigenvalue weighted by Crippen LogP contribution is 2.19. The van der Waals surface area contributed by atoms with Gasteiger partial charge >= 0.3 is 0 Å². The first-order valence-corrected chi connectivity index (χ1v) is 8.13. The Labute approximate surface area is 113 Å². The summed E-state index contributed by atoms with van der Waals surface area (Å²) < 4.78 is 0. The van der Waals surface area contributed by atoms with Gasteiger partial charge in [-0.2, -0.15) is 11.8 Å². The van der Waals surface area contributed by atoms with E-state index >= 15 is 0 Å². The quantitative estimate of drug-likeness (QED) is 0.799. The molecule has 1 heterocycles. The van der Waals surface area contributed by atoms with Crippen molar-refractivity contribution in [3.05, 3.63) is 0 Å². The average Bonchev–Trinajstić information content (AvgIpc) is 2.41. The summed E-state index contributed by atoms with van der Waals surface area (Å²) in [6.07, 6.45) is 3.55. The molecule has 0 bridgehead atoms. The zero-order valence-electron chi connectivity index (χ0n) is 11.1. The van der Waals surface area contributed by atoms with Crippen molar-refractivity contribution in [1.82, 2.24) is 10.2 Å². The Balaban J connectivity index is 1.76. The number of nitrogens with one attached hydrogen (secondary N) is 1. The summed E-state index contributed by atoms with van der Waals surface area (Å²) in [6.45, 7) is 3.74. The normalized spacial score (nSPS) is 31.1. The molecule has 2 aliphatic rings. The molecule has 2 rings (SSSR count). The van der Waals surface area contributed by atoms with E-state index < -0.39 is 0 Å². The number of amides is 1. The number of carbonyl (C=O) groups excluding carboxylic acids is 1. The fourth-order valence-corrected chi connectivity index (χ4v) is 3.63. The van der Waals surface area contributed by atoms with E-state index in [1.54, 1.807) is 0 Å². The number of carbonyl (C=O) groups is 1. The second-order valence-corrected chi connectivity index (χ2v) is 6.56. The molecule has 1 aliphatic heterocycles. The summed E-state index contributed by atoms with van der Waals surface area (Å²) in [6, 6.07) is 0.305. The average molecular weight is 272 g/mol. The molecule has 0 aromatic heterocycles.